The molecule has 0 atom stereocenters. The van der Waals surface area contributed by atoms with Crippen molar-refractivity contribution in [3.8, 4) is 0 Å². The topological polar surface area (TPSA) is 58.4 Å². The molecule has 0 aromatic heterocycles. The molecule has 0 radical (unpaired) electrons. The molecule has 0 saturated heterocycles. The summed E-state index contributed by atoms with van der Waals surface area (Å²) in [7, 11) is 2.07. The number of halogens is 1. The van der Waals surface area contributed by atoms with Crippen LogP contribution in [0.25, 0.3) is 0 Å². The molecule has 19 heavy (non-hydrogen) atoms. The van der Waals surface area contributed by atoms with E-state index < -0.39 is 0 Å². The maximum absolute atomic E-state index is 11.9. The van der Waals surface area contributed by atoms with Gasteiger partial charge in [0.1, 0.15) is 0 Å². The smallest absolute Gasteiger partial charge is 0.253 e. The predicted molar refractivity (Wildman–Crippen MR) is 80.6 cm³/mol. The highest BCUT2D eigenvalue weighted by Crippen LogP contribution is 2.17. The molecule has 0 spiro atoms. The highest BCUT2D eigenvalue weighted by atomic mass is 35.5. The van der Waals surface area contributed by atoms with Crippen LogP contribution in [-0.2, 0) is 0 Å². The van der Waals surface area contributed by atoms with Gasteiger partial charge in [-0.15, -0.1) is 0 Å². The summed E-state index contributed by atoms with van der Waals surface area (Å²) < 4.78 is 0. The van der Waals surface area contributed by atoms with E-state index in [0.717, 1.165) is 13.0 Å². The third kappa shape index (κ3) is 5.09. The van der Waals surface area contributed by atoms with Crippen LogP contribution in [0, 0.1) is 0 Å². The number of nitrogens with two attached hydrogens (primary N) is 1. The Labute approximate surface area is 119 Å². The number of rotatable bonds is 6. The summed E-state index contributed by atoms with van der Waals surface area (Å²) in [5, 5.41) is 3.37. The number of benzene rings is 1. The molecule has 1 aromatic carbocycles. The summed E-state index contributed by atoms with van der Waals surface area (Å²) in [5.41, 5.74) is 6.64. The Kier molecular flexibility index (Phi) is 6.12. The highest BCUT2D eigenvalue weighted by Gasteiger charge is 2.10. The Morgan fingerprint density at radius 3 is 2.79 bits per heavy atom. The van der Waals surface area contributed by atoms with Gasteiger partial charge >= 0.3 is 0 Å². The predicted octanol–water partition coefficient (Wildman–Crippen LogP) is 2.38. The third-order valence-corrected chi connectivity index (χ3v) is 3.35. The number of nitrogens with one attached hydrogen (secondary N) is 1. The van der Waals surface area contributed by atoms with E-state index in [1.807, 2.05) is 0 Å². The van der Waals surface area contributed by atoms with Gasteiger partial charge in [0, 0.05) is 23.3 Å². The Hall–Kier alpha value is -1.26. The molecule has 0 bridgehead atoms. The highest BCUT2D eigenvalue weighted by molar-refractivity contribution is 6.31. The fraction of sp³-hybridized carbons (Fsp3) is 0.500. The van der Waals surface area contributed by atoms with Crippen LogP contribution in [0.15, 0.2) is 18.2 Å². The Balaban J connectivity index is 2.41. The third-order valence-electron chi connectivity index (χ3n) is 3.11. The van der Waals surface area contributed by atoms with Crippen molar-refractivity contribution >= 4 is 23.2 Å². The molecule has 0 fully saturated rings. The lowest BCUT2D eigenvalue weighted by atomic mass is 10.1. The summed E-state index contributed by atoms with van der Waals surface area (Å²) in [6.45, 7) is 5.86. The van der Waals surface area contributed by atoms with Crippen molar-refractivity contribution in [1.29, 1.82) is 0 Å². The zero-order valence-electron chi connectivity index (χ0n) is 11.7. The average Bonchev–Trinajstić information content (AvgIpc) is 2.36. The van der Waals surface area contributed by atoms with Gasteiger partial charge in [0.05, 0.1) is 5.56 Å². The van der Waals surface area contributed by atoms with Crippen LogP contribution < -0.4 is 11.1 Å². The van der Waals surface area contributed by atoms with E-state index in [1.54, 1.807) is 18.2 Å². The number of carbonyl (C=O) groups is 1. The van der Waals surface area contributed by atoms with E-state index in [1.165, 1.54) is 0 Å². The van der Waals surface area contributed by atoms with Crippen molar-refractivity contribution in [2.24, 2.45) is 0 Å². The van der Waals surface area contributed by atoms with Gasteiger partial charge in [-0.05, 0) is 52.1 Å². The summed E-state index contributed by atoms with van der Waals surface area (Å²) in [5.74, 6) is -0.174. The molecule has 0 saturated carbocycles. The van der Waals surface area contributed by atoms with Crippen molar-refractivity contribution in [3.05, 3.63) is 28.8 Å². The van der Waals surface area contributed by atoms with E-state index in [-0.39, 0.29) is 5.91 Å². The fourth-order valence-electron chi connectivity index (χ4n) is 1.61. The van der Waals surface area contributed by atoms with E-state index >= 15 is 0 Å². The van der Waals surface area contributed by atoms with Crippen molar-refractivity contribution in [1.82, 2.24) is 10.2 Å². The minimum Gasteiger partial charge on any atom is -0.398 e. The zero-order valence-corrected chi connectivity index (χ0v) is 12.5. The molecule has 1 rings (SSSR count). The standard InChI is InChI=1S/C14H22ClN3O/c1-10(2)18(3)8-4-7-17-14(19)12-9-11(15)5-6-13(12)16/h5-6,9-10H,4,7-8,16H2,1-3H3,(H,17,19). The van der Waals surface area contributed by atoms with Crippen molar-refractivity contribution in [3.63, 3.8) is 0 Å². The molecule has 1 aromatic rings. The van der Waals surface area contributed by atoms with Gasteiger partial charge < -0.3 is 16.0 Å². The lowest BCUT2D eigenvalue weighted by molar-refractivity contribution is 0.0952. The van der Waals surface area contributed by atoms with Gasteiger partial charge in [0.2, 0.25) is 0 Å². The molecule has 0 unspecified atom stereocenters. The molecule has 0 heterocycles. The van der Waals surface area contributed by atoms with E-state index in [0.29, 0.717) is 28.9 Å². The summed E-state index contributed by atoms with van der Waals surface area (Å²) >= 11 is 5.86. The summed E-state index contributed by atoms with van der Waals surface area (Å²) in [6.07, 6.45) is 0.904. The Morgan fingerprint density at radius 2 is 2.16 bits per heavy atom. The van der Waals surface area contributed by atoms with Crippen molar-refractivity contribution < 1.29 is 4.79 Å². The summed E-state index contributed by atoms with van der Waals surface area (Å²) in [6, 6.07) is 5.42. The first kappa shape index (κ1) is 15.8. The first-order valence-corrected chi connectivity index (χ1v) is 6.83. The number of hydrogen-bond acceptors (Lipinski definition) is 3. The zero-order chi connectivity index (χ0) is 14.4. The average molecular weight is 284 g/mol. The molecular weight excluding hydrogens is 262 g/mol. The van der Waals surface area contributed by atoms with Crippen LogP contribution >= 0.6 is 11.6 Å². The quantitative estimate of drug-likeness (QED) is 0.622. The largest absolute Gasteiger partial charge is 0.398 e. The van der Waals surface area contributed by atoms with Crippen LogP contribution in [0.3, 0.4) is 0 Å². The van der Waals surface area contributed by atoms with E-state index in [4.69, 9.17) is 17.3 Å². The number of nitrogen functional groups attached to an aromatic ring is 1. The number of nitrogens with zero attached hydrogens (tertiary/aromatic N) is 1. The van der Waals surface area contributed by atoms with Crippen LogP contribution in [0.2, 0.25) is 5.02 Å². The van der Waals surface area contributed by atoms with Crippen molar-refractivity contribution in [2.75, 3.05) is 25.9 Å². The van der Waals surface area contributed by atoms with E-state index in [9.17, 15) is 4.79 Å². The monoisotopic (exact) mass is 283 g/mol. The van der Waals surface area contributed by atoms with Gasteiger partial charge in [0.15, 0.2) is 0 Å². The van der Waals surface area contributed by atoms with Gasteiger partial charge in [-0.2, -0.15) is 0 Å². The number of carbonyl (C=O) groups excluding carboxylic acids is 1. The molecule has 3 N–H and O–H groups in total. The van der Waals surface area contributed by atoms with Crippen LogP contribution in [0.5, 0.6) is 0 Å². The van der Waals surface area contributed by atoms with Crippen LogP contribution in [0.1, 0.15) is 30.6 Å². The fourth-order valence-corrected chi connectivity index (χ4v) is 1.78. The van der Waals surface area contributed by atoms with Gasteiger partial charge in [-0.25, -0.2) is 0 Å². The SMILES string of the molecule is CC(C)N(C)CCCNC(=O)c1cc(Cl)ccc1N. The molecule has 0 aliphatic rings. The summed E-state index contributed by atoms with van der Waals surface area (Å²) in [4.78, 5) is 14.2. The van der Waals surface area contributed by atoms with Crippen molar-refractivity contribution in [2.45, 2.75) is 26.3 Å². The molecule has 106 valence electrons. The first-order chi connectivity index (χ1) is 8.91. The minimum atomic E-state index is -0.174. The maximum atomic E-state index is 11.9. The Morgan fingerprint density at radius 1 is 1.47 bits per heavy atom. The molecule has 0 aliphatic heterocycles. The van der Waals surface area contributed by atoms with Crippen LogP contribution in [0.4, 0.5) is 5.69 Å². The number of amides is 1. The second-order valence-corrected chi connectivity index (χ2v) is 5.35. The van der Waals surface area contributed by atoms with E-state index in [2.05, 4.69) is 31.1 Å². The number of hydrogen-bond donors (Lipinski definition) is 2. The molecule has 0 aliphatic carbocycles. The van der Waals surface area contributed by atoms with Gasteiger partial charge in [-0.1, -0.05) is 11.6 Å². The second kappa shape index (κ2) is 7.36. The molecular formula is C14H22ClN3O. The molecule has 1 amide bonds. The second-order valence-electron chi connectivity index (χ2n) is 4.92. The lowest BCUT2D eigenvalue weighted by Gasteiger charge is -2.20. The molecule has 5 heteroatoms. The minimum absolute atomic E-state index is 0.174. The van der Waals surface area contributed by atoms with Gasteiger partial charge in [-0.3, -0.25) is 4.79 Å². The van der Waals surface area contributed by atoms with Gasteiger partial charge in [0.25, 0.3) is 5.91 Å². The lowest BCUT2D eigenvalue weighted by Crippen LogP contribution is -2.31. The Bertz CT molecular complexity index is 435. The number of anilines is 1. The van der Waals surface area contributed by atoms with Crippen LogP contribution in [-0.4, -0.2) is 37.0 Å². The normalized spacial score (nSPS) is 11.1. The molecule has 4 nitrogen and oxygen atoms in total. The first-order valence-electron chi connectivity index (χ1n) is 6.45. The maximum Gasteiger partial charge on any atom is 0.253 e.